The zero-order valence-electron chi connectivity index (χ0n) is 14.2. The number of benzene rings is 1. The lowest BCUT2D eigenvalue weighted by atomic mass is 10.2. The minimum absolute atomic E-state index is 0.0387. The molecule has 0 bridgehead atoms. The highest BCUT2D eigenvalue weighted by Gasteiger charge is 2.19. The molecule has 0 saturated heterocycles. The fourth-order valence-corrected chi connectivity index (χ4v) is 2.97. The van der Waals surface area contributed by atoms with Gasteiger partial charge in [0.15, 0.2) is 0 Å². The number of nitrogens with zero attached hydrogens (tertiary/aromatic N) is 1. The molecule has 0 aliphatic carbocycles. The monoisotopic (exact) mass is 374 g/mol. The van der Waals surface area contributed by atoms with E-state index in [0.29, 0.717) is 11.3 Å². The average molecular weight is 374 g/mol. The number of nitrogens with one attached hydrogen (secondary N) is 3. The van der Waals surface area contributed by atoms with Gasteiger partial charge in [-0.05, 0) is 31.3 Å². The molecule has 136 valence electrons. The number of hydrogen-bond acceptors (Lipinski definition) is 4. The Morgan fingerprint density at radius 1 is 1.27 bits per heavy atom. The van der Waals surface area contributed by atoms with Gasteiger partial charge in [0.25, 0.3) is 5.91 Å². The van der Waals surface area contributed by atoms with Crippen LogP contribution in [0.3, 0.4) is 0 Å². The predicted octanol–water partition coefficient (Wildman–Crippen LogP) is 0.283. The SMILES string of the molecule is C#Cc1cccc(NC(=O)CNC(=O)c2cc(S(=O)(=O)NC)cn2C)c1. The number of aryl methyl sites for hydroxylation is 1. The van der Waals surface area contributed by atoms with Gasteiger partial charge in [0.05, 0.1) is 6.54 Å². The Balaban J connectivity index is 2.00. The third-order valence-corrected chi connectivity index (χ3v) is 4.90. The van der Waals surface area contributed by atoms with Crippen LogP contribution < -0.4 is 15.4 Å². The Hall–Kier alpha value is -3.09. The second-order valence-electron chi connectivity index (χ2n) is 5.34. The Morgan fingerprint density at radius 3 is 2.65 bits per heavy atom. The molecule has 26 heavy (non-hydrogen) atoms. The molecule has 2 rings (SSSR count). The molecule has 9 heteroatoms. The summed E-state index contributed by atoms with van der Waals surface area (Å²) in [6, 6.07) is 7.97. The van der Waals surface area contributed by atoms with Crippen molar-refractivity contribution < 1.29 is 18.0 Å². The first kappa shape index (κ1) is 19.2. The highest BCUT2D eigenvalue weighted by molar-refractivity contribution is 7.89. The first-order chi connectivity index (χ1) is 12.3. The van der Waals surface area contributed by atoms with E-state index in [1.165, 1.54) is 30.9 Å². The molecule has 0 atom stereocenters. The molecule has 0 aliphatic rings. The maximum atomic E-state index is 12.2. The predicted molar refractivity (Wildman–Crippen MR) is 97.0 cm³/mol. The quantitative estimate of drug-likeness (QED) is 0.631. The summed E-state index contributed by atoms with van der Waals surface area (Å²) in [4.78, 5) is 24.1. The fourth-order valence-electron chi connectivity index (χ4n) is 2.17. The van der Waals surface area contributed by atoms with Crippen LogP contribution in [0.5, 0.6) is 0 Å². The Kier molecular flexibility index (Phi) is 5.82. The molecule has 1 heterocycles. The third kappa shape index (κ3) is 4.50. The van der Waals surface area contributed by atoms with Crippen molar-refractivity contribution in [1.29, 1.82) is 0 Å². The molecule has 0 spiro atoms. The van der Waals surface area contributed by atoms with E-state index in [0.717, 1.165) is 0 Å². The summed E-state index contributed by atoms with van der Waals surface area (Å²) >= 11 is 0. The van der Waals surface area contributed by atoms with Gasteiger partial charge in [0.1, 0.15) is 10.6 Å². The van der Waals surface area contributed by atoms with Crippen LogP contribution in [0.15, 0.2) is 41.4 Å². The van der Waals surface area contributed by atoms with E-state index in [2.05, 4.69) is 21.3 Å². The van der Waals surface area contributed by atoms with Crippen LogP contribution in [0, 0.1) is 12.3 Å². The van der Waals surface area contributed by atoms with E-state index in [1.807, 2.05) is 0 Å². The molecule has 2 amide bonds. The molecule has 0 aliphatic heterocycles. The van der Waals surface area contributed by atoms with Gasteiger partial charge in [0, 0.05) is 24.5 Å². The van der Waals surface area contributed by atoms with Crippen molar-refractivity contribution in [3.05, 3.63) is 47.8 Å². The van der Waals surface area contributed by atoms with E-state index in [-0.39, 0.29) is 17.1 Å². The van der Waals surface area contributed by atoms with Crippen LogP contribution in [-0.2, 0) is 21.9 Å². The van der Waals surface area contributed by atoms with Crippen molar-refractivity contribution in [1.82, 2.24) is 14.6 Å². The average Bonchev–Trinajstić information content (AvgIpc) is 3.02. The van der Waals surface area contributed by atoms with Crippen LogP contribution in [0.1, 0.15) is 16.1 Å². The van der Waals surface area contributed by atoms with Crippen LogP contribution in [0.2, 0.25) is 0 Å². The molecule has 1 aromatic heterocycles. The van der Waals surface area contributed by atoms with Gasteiger partial charge < -0.3 is 15.2 Å². The van der Waals surface area contributed by atoms with Gasteiger partial charge in [-0.25, -0.2) is 13.1 Å². The highest BCUT2D eigenvalue weighted by atomic mass is 32.2. The lowest BCUT2D eigenvalue weighted by molar-refractivity contribution is -0.115. The van der Waals surface area contributed by atoms with Gasteiger partial charge in [0.2, 0.25) is 15.9 Å². The molecule has 2 aromatic rings. The van der Waals surface area contributed by atoms with E-state index in [4.69, 9.17) is 6.42 Å². The number of carbonyl (C=O) groups is 2. The number of sulfonamides is 1. The van der Waals surface area contributed by atoms with Crippen molar-refractivity contribution in [3.8, 4) is 12.3 Å². The summed E-state index contributed by atoms with van der Waals surface area (Å²) in [6.45, 7) is -0.279. The number of amides is 2. The van der Waals surface area contributed by atoms with Crippen molar-refractivity contribution in [2.24, 2.45) is 7.05 Å². The zero-order valence-corrected chi connectivity index (χ0v) is 15.1. The molecule has 1 aromatic carbocycles. The van der Waals surface area contributed by atoms with Crippen LogP contribution in [0.4, 0.5) is 5.69 Å². The molecule has 8 nitrogen and oxygen atoms in total. The lowest BCUT2D eigenvalue weighted by Crippen LogP contribution is -2.33. The van der Waals surface area contributed by atoms with Crippen LogP contribution in [-0.4, -0.2) is 38.4 Å². The number of anilines is 1. The van der Waals surface area contributed by atoms with Gasteiger partial charge in [-0.2, -0.15) is 0 Å². The highest BCUT2D eigenvalue weighted by Crippen LogP contribution is 2.13. The molecule has 0 unspecified atom stereocenters. The molecular formula is C17H18N4O4S. The minimum atomic E-state index is -3.66. The number of hydrogen-bond donors (Lipinski definition) is 3. The molecule has 0 saturated carbocycles. The zero-order chi connectivity index (χ0) is 19.3. The minimum Gasteiger partial charge on any atom is -0.345 e. The van der Waals surface area contributed by atoms with Crippen molar-refractivity contribution >= 4 is 27.5 Å². The fraction of sp³-hybridized carbons (Fsp3) is 0.176. The van der Waals surface area contributed by atoms with Crippen molar-refractivity contribution in [3.63, 3.8) is 0 Å². The first-order valence-electron chi connectivity index (χ1n) is 7.51. The molecule has 3 N–H and O–H groups in total. The topological polar surface area (TPSA) is 109 Å². The first-order valence-corrected chi connectivity index (χ1v) is 9.00. The van der Waals surface area contributed by atoms with Crippen LogP contribution >= 0.6 is 0 Å². The normalized spacial score (nSPS) is 10.8. The number of aromatic nitrogens is 1. The number of rotatable bonds is 6. The summed E-state index contributed by atoms with van der Waals surface area (Å²) in [5, 5.41) is 5.06. The van der Waals surface area contributed by atoms with Crippen LogP contribution in [0.25, 0.3) is 0 Å². The van der Waals surface area contributed by atoms with E-state index >= 15 is 0 Å². The van der Waals surface area contributed by atoms with Gasteiger partial charge in [-0.15, -0.1) is 6.42 Å². The van der Waals surface area contributed by atoms with E-state index < -0.39 is 21.8 Å². The third-order valence-electron chi connectivity index (χ3n) is 3.51. The van der Waals surface area contributed by atoms with E-state index in [9.17, 15) is 18.0 Å². The number of carbonyl (C=O) groups excluding carboxylic acids is 2. The lowest BCUT2D eigenvalue weighted by Gasteiger charge is -2.07. The van der Waals surface area contributed by atoms with Gasteiger partial charge in [-0.1, -0.05) is 12.0 Å². The largest absolute Gasteiger partial charge is 0.345 e. The Bertz CT molecular complexity index is 986. The summed E-state index contributed by atoms with van der Waals surface area (Å²) in [7, 11) is -0.842. The summed E-state index contributed by atoms with van der Waals surface area (Å²) in [6.07, 6.45) is 6.61. The molecule has 0 fully saturated rings. The smallest absolute Gasteiger partial charge is 0.268 e. The molecule has 0 radical (unpaired) electrons. The maximum Gasteiger partial charge on any atom is 0.268 e. The summed E-state index contributed by atoms with van der Waals surface area (Å²) in [5.74, 6) is 1.45. The second kappa shape index (κ2) is 7.86. The summed E-state index contributed by atoms with van der Waals surface area (Å²) in [5.41, 5.74) is 1.25. The van der Waals surface area contributed by atoms with Gasteiger partial charge in [-0.3, -0.25) is 9.59 Å². The summed E-state index contributed by atoms with van der Waals surface area (Å²) < 4.78 is 27.1. The Labute approximate surface area is 151 Å². The second-order valence-corrected chi connectivity index (χ2v) is 7.22. The standard InChI is InChI=1S/C17H18N4O4S/c1-4-12-6-5-7-13(8-12)20-16(22)10-19-17(23)15-9-14(11-21(15)3)26(24,25)18-2/h1,5-9,11,18H,10H2,2-3H3,(H,19,23)(H,20,22). The maximum absolute atomic E-state index is 12.2. The van der Waals surface area contributed by atoms with Crippen molar-refractivity contribution in [2.45, 2.75) is 4.90 Å². The van der Waals surface area contributed by atoms with E-state index in [1.54, 1.807) is 24.3 Å². The number of terminal acetylenes is 1. The Morgan fingerprint density at radius 2 is 2.00 bits per heavy atom. The van der Waals surface area contributed by atoms with Gasteiger partial charge >= 0.3 is 0 Å². The van der Waals surface area contributed by atoms with Crippen molar-refractivity contribution in [2.75, 3.05) is 18.9 Å². The molecular weight excluding hydrogens is 356 g/mol.